The Morgan fingerprint density at radius 3 is 2.69 bits per heavy atom. The van der Waals surface area contributed by atoms with E-state index in [0.717, 1.165) is 24.6 Å². The van der Waals surface area contributed by atoms with Crippen LogP contribution in [0.2, 0.25) is 0 Å². The second-order valence-corrected chi connectivity index (χ2v) is 3.67. The van der Waals surface area contributed by atoms with Gasteiger partial charge in [-0.3, -0.25) is 4.90 Å². The quantitative estimate of drug-likeness (QED) is 0.477. The maximum absolute atomic E-state index is 10.9. The average Bonchev–Trinajstić information content (AvgIpc) is 2.64. The van der Waals surface area contributed by atoms with Crippen LogP contribution >= 0.6 is 0 Å². The summed E-state index contributed by atoms with van der Waals surface area (Å²) in [5.74, 6) is 5.38. The van der Waals surface area contributed by atoms with E-state index < -0.39 is 6.09 Å². The van der Waals surface area contributed by atoms with Crippen molar-refractivity contribution in [2.75, 3.05) is 26.2 Å². The molecule has 2 aliphatic rings. The van der Waals surface area contributed by atoms with E-state index in [0.29, 0.717) is 6.54 Å². The molecule has 13 heavy (non-hydrogen) atoms. The predicted molar refractivity (Wildman–Crippen MR) is 46.8 cm³/mol. The van der Waals surface area contributed by atoms with Crippen molar-refractivity contribution in [2.45, 2.75) is 18.9 Å². The number of ether oxygens (including phenoxy) is 1. The molecule has 5 heteroatoms. The van der Waals surface area contributed by atoms with E-state index in [1.54, 1.807) is 0 Å². The fourth-order valence-corrected chi connectivity index (χ4v) is 1.89. The van der Waals surface area contributed by atoms with Crippen molar-refractivity contribution in [3.63, 3.8) is 0 Å². The molecule has 1 amide bonds. The number of hydrazine groups is 1. The Kier molecular flexibility index (Phi) is 2.37. The lowest BCUT2D eigenvalue weighted by Gasteiger charge is -2.17. The molecule has 0 radical (unpaired) electrons. The first-order chi connectivity index (χ1) is 6.25. The van der Waals surface area contributed by atoms with Crippen LogP contribution in [0.1, 0.15) is 12.8 Å². The number of nitrogens with two attached hydrogens (primary N) is 1. The number of hydrogen-bond donors (Lipinski definition) is 1. The van der Waals surface area contributed by atoms with Crippen LogP contribution in [0.25, 0.3) is 0 Å². The van der Waals surface area contributed by atoms with Crippen molar-refractivity contribution in [3.8, 4) is 0 Å². The predicted octanol–water partition coefficient (Wildman–Crippen LogP) is -0.223. The molecule has 1 atom stereocenters. The van der Waals surface area contributed by atoms with Crippen molar-refractivity contribution < 1.29 is 9.53 Å². The van der Waals surface area contributed by atoms with Crippen LogP contribution in [0.4, 0.5) is 4.79 Å². The van der Waals surface area contributed by atoms with Crippen LogP contribution in [0, 0.1) is 0 Å². The van der Waals surface area contributed by atoms with Gasteiger partial charge in [-0.1, -0.05) is 0 Å². The molecule has 0 aliphatic carbocycles. The van der Waals surface area contributed by atoms with Crippen LogP contribution in [-0.2, 0) is 4.74 Å². The smallest absolute Gasteiger partial charge is 0.424 e. The molecule has 2 rings (SSSR count). The molecule has 2 saturated heterocycles. The van der Waals surface area contributed by atoms with Crippen LogP contribution < -0.4 is 5.84 Å². The molecule has 5 nitrogen and oxygen atoms in total. The van der Waals surface area contributed by atoms with Gasteiger partial charge in [-0.25, -0.2) is 15.6 Å². The molecule has 0 spiro atoms. The lowest BCUT2D eigenvalue weighted by atomic mass is 10.3. The standard InChI is InChI=1S/C8H15N3O2/c9-11-6-7(13-8(11)12)5-10-3-1-2-4-10/h7H,1-6,9H2. The summed E-state index contributed by atoms with van der Waals surface area (Å²) >= 11 is 0. The van der Waals surface area contributed by atoms with Crippen LogP contribution in [0.5, 0.6) is 0 Å². The molecule has 2 N–H and O–H groups in total. The molecule has 0 saturated carbocycles. The zero-order valence-corrected chi connectivity index (χ0v) is 7.61. The van der Waals surface area contributed by atoms with Gasteiger partial charge in [0, 0.05) is 6.54 Å². The van der Waals surface area contributed by atoms with Crippen molar-refractivity contribution >= 4 is 6.09 Å². The summed E-state index contributed by atoms with van der Waals surface area (Å²) in [5.41, 5.74) is 0. The molecule has 0 aromatic heterocycles. The number of amides is 1. The maximum atomic E-state index is 10.9. The van der Waals surface area contributed by atoms with Gasteiger partial charge in [0.15, 0.2) is 0 Å². The average molecular weight is 185 g/mol. The highest BCUT2D eigenvalue weighted by Gasteiger charge is 2.30. The number of cyclic esters (lactones) is 1. The van der Waals surface area contributed by atoms with Crippen LogP contribution in [0.3, 0.4) is 0 Å². The Bertz CT molecular complexity index is 204. The SMILES string of the molecule is NN1CC(CN2CCCC2)OC1=O. The molecule has 0 aromatic carbocycles. The Morgan fingerprint density at radius 2 is 2.15 bits per heavy atom. The minimum absolute atomic E-state index is 0.0319. The molecule has 2 heterocycles. The van der Waals surface area contributed by atoms with Gasteiger partial charge in [0.1, 0.15) is 6.10 Å². The molecule has 1 unspecified atom stereocenters. The third kappa shape index (κ3) is 1.92. The third-order valence-electron chi connectivity index (χ3n) is 2.56. The van der Waals surface area contributed by atoms with Gasteiger partial charge < -0.3 is 4.74 Å². The zero-order valence-electron chi connectivity index (χ0n) is 7.61. The summed E-state index contributed by atoms with van der Waals surface area (Å²) < 4.78 is 5.06. The van der Waals surface area contributed by atoms with Gasteiger partial charge in [0.2, 0.25) is 0 Å². The van der Waals surface area contributed by atoms with E-state index >= 15 is 0 Å². The lowest BCUT2D eigenvalue weighted by Crippen LogP contribution is -2.35. The topological polar surface area (TPSA) is 58.8 Å². The normalized spacial score (nSPS) is 29.8. The van der Waals surface area contributed by atoms with E-state index in [1.807, 2.05) is 0 Å². The van der Waals surface area contributed by atoms with Gasteiger partial charge >= 0.3 is 6.09 Å². The van der Waals surface area contributed by atoms with Crippen molar-refractivity contribution in [2.24, 2.45) is 5.84 Å². The summed E-state index contributed by atoms with van der Waals surface area (Å²) in [7, 11) is 0. The molecule has 2 fully saturated rings. The molecule has 2 aliphatic heterocycles. The van der Waals surface area contributed by atoms with Crippen molar-refractivity contribution in [1.29, 1.82) is 0 Å². The molecular weight excluding hydrogens is 170 g/mol. The largest absolute Gasteiger partial charge is 0.442 e. The van der Waals surface area contributed by atoms with Gasteiger partial charge in [0.05, 0.1) is 6.54 Å². The first-order valence-electron chi connectivity index (χ1n) is 4.71. The van der Waals surface area contributed by atoms with Crippen molar-refractivity contribution in [3.05, 3.63) is 0 Å². The Morgan fingerprint density at radius 1 is 1.46 bits per heavy atom. The molecular formula is C8H15N3O2. The van der Waals surface area contributed by atoms with Gasteiger partial charge in [-0.2, -0.15) is 0 Å². The summed E-state index contributed by atoms with van der Waals surface area (Å²) in [6, 6.07) is 0. The number of hydrogen-bond acceptors (Lipinski definition) is 4. The number of carbonyl (C=O) groups is 1. The molecule has 0 bridgehead atoms. The van der Waals surface area contributed by atoms with E-state index in [1.165, 1.54) is 12.8 Å². The number of rotatable bonds is 2. The minimum Gasteiger partial charge on any atom is -0.442 e. The Labute approximate surface area is 77.4 Å². The van der Waals surface area contributed by atoms with E-state index in [9.17, 15) is 4.79 Å². The lowest BCUT2D eigenvalue weighted by molar-refractivity contribution is 0.113. The number of nitrogens with zero attached hydrogens (tertiary/aromatic N) is 2. The van der Waals surface area contributed by atoms with Crippen molar-refractivity contribution in [1.82, 2.24) is 9.91 Å². The van der Waals surface area contributed by atoms with E-state index in [4.69, 9.17) is 10.6 Å². The van der Waals surface area contributed by atoms with Crippen LogP contribution in [0.15, 0.2) is 0 Å². The highest BCUT2D eigenvalue weighted by Crippen LogP contribution is 2.13. The summed E-state index contributed by atoms with van der Waals surface area (Å²) in [5, 5.41) is 1.14. The highest BCUT2D eigenvalue weighted by molar-refractivity contribution is 5.69. The summed E-state index contributed by atoms with van der Waals surface area (Å²) in [6.07, 6.45) is 2.08. The second kappa shape index (κ2) is 3.51. The zero-order chi connectivity index (χ0) is 9.26. The van der Waals surface area contributed by atoms with Gasteiger partial charge in [0.25, 0.3) is 0 Å². The van der Waals surface area contributed by atoms with Gasteiger partial charge in [-0.05, 0) is 25.9 Å². The maximum Gasteiger partial charge on any atom is 0.424 e. The molecule has 0 aromatic rings. The first-order valence-corrected chi connectivity index (χ1v) is 4.71. The fraction of sp³-hybridized carbons (Fsp3) is 0.875. The Balaban J connectivity index is 1.79. The fourth-order valence-electron chi connectivity index (χ4n) is 1.89. The number of carbonyl (C=O) groups excluding carboxylic acids is 1. The number of likely N-dealkylation sites (tertiary alicyclic amines) is 1. The van der Waals surface area contributed by atoms with Crippen LogP contribution in [-0.4, -0.2) is 48.3 Å². The van der Waals surface area contributed by atoms with Gasteiger partial charge in [-0.15, -0.1) is 0 Å². The first kappa shape index (κ1) is 8.77. The summed E-state index contributed by atoms with van der Waals surface area (Å²) in [4.78, 5) is 13.2. The Hall–Kier alpha value is -0.810. The second-order valence-electron chi connectivity index (χ2n) is 3.67. The highest BCUT2D eigenvalue weighted by atomic mass is 16.6. The minimum atomic E-state index is -0.399. The van der Waals surface area contributed by atoms with E-state index in [-0.39, 0.29) is 6.10 Å². The monoisotopic (exact) mass is 185 g/mol. The molecule has 74 valence electrons. The third-order valence-corrected chi connectivity index (χ3v) is 2.56. The van der Waals surface area contributed by atoms with E-state index in [2.05, 4.69) is 4.90 Å². The summed E-state index contributed by atoms with van der Waals surface area (Å²) in [6.45, 7) is 3.60.